The number of pyridine rings is 1. The second kappa shape index (κ2) is 11.0. The van der Waals surface area contributed by atoms with Crippen LogP contribution in [0.2, 0.25) is 0 Å². The molecular weight excluding hydrogens is 510 g/mol. The molecule has 2 amide bonds. The summed E-state index contributed by atoms with van der Waals surface area (Å²) >= 11 is 6.81. The van der Waals surface area contributed by atoms with Gasteiger partial charge in [0.25, 0.3) is 11.8 Å². The maximum absolute atomic E-state index is 12.6. The zero-order chi connectivity index (χ0) is 21.3. The van der Waals surface area contributed by atoms with Gasteiger partial charge in [-0.2, -0.15) is 0 Å². The van der Waals surface area contributed by atoms with Gasteiger partial charge in [-0.15, -0.1) is 0 Å². The van der Waals surface area contributed by atoms with E-state index in [1.807, 2.05) is 48.5 Å². The number of hydrogen-bond donors (Lipinski definition) is 2. The molecule has 7 heteroatoms. The first-order valence-electron chi connectivity index (χ1n) is 9.52. The van der Waals surface area contributed by atoms with Crippen molar-refractivity contribution in [2.45, 2.75) is 12.8 Å². The first-order chi connectivity index (χ1) is 14.5. The van der Waals surface area contributed by atoms with Crippen LogP contribution in [0.4, 0.5) is 0 Å². The number of nitrogens with zero attached hydrogens (tertiary/aromatic N) is 1. The second-order valence-corrected chi connectivity index (χ2v) is 8.52. The SMILES string of the molecule is O=C(NCCc1ccc(Br)cc1)c1ccncc1C(=O)NCCc1ccc(Br)cc1. The molecule has 0 spiro atoms. The predicted molar refractivity (Wildman–Crippen MR) is 125 cm³/mol. The normalized spacial score (nSPS) is 10.5. The molecule has 3 aromatic rings. The minimum Gasteiger partial charge on any atom is -0.352 e. The topological polar surface area (TPSA) is 71.1 Å². The van der Waals surface area contributed by atoms with E-state index in [9.17, 15) is 9.59 Å². The highest BCUT2D eigenvalue weighted by atomic mass is 79.9. The molecule has 0 unspecified atom stereocenters. The molecule has 2 aromatic carbocycles. The van der Waals surface area contributed by atoms with Crippen LogP contribution in [0, 0.1) is 0 Å². The molecule has 0 saturated heterocycles. The van der Waals surface area contributed by atoms with Gasteiger partial charge >= 0.3 is 0 Å². The zero-order valence-electron chi connectivity index (χ0n) is 16.2. The first-order valence-corrected chi connectivity index (χ1v) is 11.1. The summed E-state index contributed by atoms with van der Waals surface area (Å²) in [4.78, 5) is 29.2. The summed E-state index contributed by atoms with van der Waals surface area (Å²) in [5.74, 6) is -0.592. The van der Waals surface area contributed by atoms with E-state index in [2.05, 4.69) is 47.5 Å². The fraction of sp³-hybridized carbons (Fsp3) is 0.174. The van der Waals surface area contributed by atoms with Crippen LogP contribution in [0.5, 0.6) is 0 Å². The Labute approximate surface area is 192 Å². The van der Waals surface area contributed by atoms with Crippen molar-refractivity contribution in [2.75, 3.05) is 13.1 Å². The number of hydrogen-bond acceptors (Lipinski definition) is 3. The second-order valence-electron chi connectivity index (χ2n) is 6.69. The van der Waals surface area contributed by atoms with Gasteiger partial charge in [0, 0.05) is 34.4 Å². The molecule has 0 saturated carbocycles. The number of nitrogens with one attached hydrogen (secondary N) is 2. The molecule has 0 fully saturated rings. The molecule has 0 aliphatic heterocycles. The molecule has 0 radical (unpaired) electrons. The molecule has 0 aliphatic carbocycles. The van der Waals surface area contributed by atoms with Crippen LogP contribution >= 0.6 is 31.9 Å². The number of carbonyl (C=O) groups excluding carboxylic acids is 2. The van der Waals surface area contributed by atoms with Gasteiger partial charge in [-0.1, -0.05) is 56.1 Å². The Morgan fingerprint density at radius 2 is 1.17 bits per heavy atom. The van der Waals surface area contributed by atoms with Crippen LogP contribution < -0.4 is 10.6 Å². The van der Waals surface area contributed by atoms with E-state index >= 15 is 0 Å². The van der Waals surface area contributed by atoms with Gasteiger partial charge in [0.2, 0.25) is 0 Å². The average molecular weight is 531 g/mol. The Morgan fingerprint density at radius 3 is 1.67 bits per heavy atom. The molecule has 3 rings (SSSR count). The summed E-state index contributed by atoms with van der Waals surface area (Å²) in [6, 6.07) is 17.5. The van der Waals surface area contributed by atoms with Crippen LogP contribution in [0.15, 0.2) is 75.9 Å². The van der Waals surface area contributed by atoms with E-state index in [-0.39, 0.29) is 17.4 Å². The summed E-state index contributed by atoms with van der Waals surface area (Å²) in [6.45, 7) is 0.952. The predicted octanol–water partition coefficient (Wildman–Crippen LogP) is 4.55. The van der Waals surface area contributed by atoms with Gasteiger partial charge in [-0.3, -0.25) is 14.6 Å². The Kier molecular flexibility index (Phi) is 8.16. The highest BCUT2D eigenvalue weighted by Gasteiger charge is 2.16. The van der Waals surface area contributed by atoms with Crippen molar-refractivity contribution in [2.24, 2.45) is 0 Å². The van der Waals surface area contributed by atoms with Crippen LogP contribution in [0.3, 0.4) is 0 Å². The van der Waals surface area contributed by atoms with Crippen molar-refractivity contribution >= 4 is 43.7 Å². The van der Waals surface area contributed by atoms with E-state index in [0.717, 1.165) is 20.1 Å². The van der Waals surface area contributed by atoms with Crippen LogP contribution in [-0.2, 0) is 12.8 Å². The maximum Gasteiger partial charge on any atom is 0.253 e. The molecule has 0 aliphatic rings. The highest BCUT2D eigenvalue weighted by Crippen LogP contribution is 2.12. The van der Waals surface area contributed by atoms with Crippen LogP contribution in [0.25, 0.3) is 0 Å². The minimum atomic E-state index is -0.307. The smallest absolute Gasteiger partial charge is 0.253 e. The lowest BCUT2D eigenvalue weighted by Gasteiger charge is -2.11. The van der Waals surface area contributed by atoms with Crippen molar-refractivity contribution in [1.29, 1.82) is 0 Å². The zero-order valence-corrected chi connectivity index (χ0v) is 19.4. The van der Waals surface area contributed by atoms with E-state index in [0.29, 0.717) is 31.5 Å². The fourth-order valence-corrected chi connectivity index (χ4v) is 3.44. The monoisotopic (exact) mass is 529 g/mol. The standard InChI is InChI=1S/C23H21Br2N3O2/c24-18-5-1-16(2-6-18)9-13-27-22(29)20-11-12-26-15-21(20)23(30)28-14-10-17-3-7-19(25)8-4-17/h1-8,11-12,15H,9-10,13-14H2,(H,27,29)(H,28,30). The number of carbonyl (C=O) groups is 2. The van der Waals surface area contributed by atoms with E-state index in [1.54, 1.807) is 6.07 Å². The first kappa shape index (κ1) is 22.2. The number of benzene rings is 2. The van der Waals surface area contributed by atoms with Crippen molar-refractivity contribution in [1.82, 2.24) is 15.6 Å². The Hall–Kier alpha value is -2.51. The number of halogens is 2. The number of aromatic nitrogens is 1. The van der Waals surface area contributed by atoms with Gasteiger partial charge in [0.15, 0.2) is 0 Å². The summed E-state index contributed by atoms with van der Waals surface area (Å²) in [5.41, 5.74) is 2.84. The maximum atomic E-state index is 12.6. The van der Waals surface area contributed by atoms with Gasteiger partial charge in [-0.25, -0.2) is 0 Å². The van der Waals surface area contributed by atoms with Gasteiger partial charge in [0.1, 0.15) is 0 Å². The molecule has 1 aromatic heterocycles. The van der Waals surface area contributed by atoms with Gasteiger partial charge < -0.3 is 10.6 Å². The lowest BCUT2D eigenvalue weighted by Crippen LogP contribution is -2.31. The quantitative estimate of drug-likeness (QED) is 0.448. The molecule has 1 heterocycles. The van der Waals surface area contributed by atoms with E-state index in [1.165, 1.54) is 12.4 Å². The van der Waals surface area contributed by atoms with Crippen molar-refractivity contribution in [3.8, 4) is 0 Å². The Bertz CT molecular complexity index is 923. The third kappa shape index (κ3) is 6.50. The average Bonchev–Trinajstić information content (AvgIpc) is 2.76. The largest absolute Gasteiger partial charge is 0.352 e. The van der Waals surface area contributed by atoms with Gasteiger partial charge in [-0.05, 0) is 54.3 Å². The van der Waals surface area contributed by atoms with Crippen LogP contribution in [-0.4, -0.2) is 29.9 Å². The highest BCUT2D eigenvalue weighted by molar-refractivity contribution is 9.10. The molecule has 5 nitrogen and oxygen atoms in total. The third-order valence-electron chi connectivity index (χ3n) is 4.54. The number of amides is 2. The van der Waals surface area contributed by atoms with Crippen molar-refractivity contribution < 1.29 is 9.59 Å². The van der Waals surface area contributed by atoms with Crippen molar-refractivity contribution in [3.63, 3.8) is 0 Å². The molecule has 2 N–H and O–H groups in total. The summed E-state index contributed by atoms with van der Waals surface area (Å²) in [7, 11) is 0. The molecule has 0 atom stereocenters. The summed E-state index contributed by atoms with van der Waals surface area (Å²) < 4.78 is 2.03. The molecule has 30 heavy (non-hydrogen) atoms. The van der Waals surface area contributed by atoms with E-state index in [4.69, 9.17) is 0 Å². The van der Waals surface area contributed by atoms with Gasteiger partial charge in [0.05, 0.1) is 11.1 Å². The molecule has 154 valence electrons. The minimum absolute atomic E-state index is 0.273. The Morgan fingerprint density at radius 1 is 0.700 bits per heavy atom. The fourth-order valence-electron chi connectivity index (χ4n) is 2.91. The molecular formula is C23H21Br2N3O2. The van der Waals surface area contributed by atoms with Crippen molar-refractivity contribution in [3.05, 3.63) is 98.2 Å². The molecule has 0 bridgehead atoms. The van der Waals surface area contributed by atoms with Crippen LogP contribution in [0.1, 0.15) is 31.8 Å². The number of rotatable bonds is 8. The Balaban J connectivity index is 1.54. The summed E-state index contributed by atoms with van der Waals surface area (Å²) in [5, 5.41) is 5.75. The lowest BCUT2D eigenvalue weighted by atomic mass is 10.1. The van der Waals surface area contributed by atoms with E-state index < -0.39 is 0 Å². The lowest BCUT2D eigenvalue weighted by molar-refractivity contribution is 0.0919. The third-order valence-corrected chi connectivity index (χ3v) is 5.59. The summed E-state index contributed by atoms with van der Waals surface area (Å²) in [6.07, 6.45) is 4.35.